The summed E-state index contributed by atoms with van der Waals surface area (Å²) in [5.74, 6) is 0. The molecule has 0 radical (unpaired) electrons. The molecule has 0 aliphatic heterocycles. The molecular weight excluding hydrogens is 529 g/mol. The van der Waals surface area contributed by atoms with Gasteiger partial charge in [-0.15, -0.1) is 0 Å². The topological polar surface area (TPSA) is 93.7 Å². The van der Waals surface area contributed by atoms with Crippen LogP contribution in [0.1, 0.15) is 11.1 Å². The third-order valence-electron chi connectivity index (χ3n) is 4.48. The Morgan fingerprint density at radius 1 is 0.529 bits per heavy atom. The molecule has 0 heterocycles. The zero-order chi connectivity index (χ0) is 26.8. The van der Waals surface area contributed by atoms with Crippen molar-refractivity contribution in [2.75, 3.05) is 0 Å². The van der Waals surface area contributed by atoms with Gasteiger partial charge in [-0.25, -0.2) is 0 Å². The smallest absolute Gasteiger partial charge is 0.314 e. The second kappa shape index (κ2) is 10.7. The highest BCUT2D eigenvalue weighted by Crippen LogP contribution is 2.27. The Morgan fingerprint density at radius 2 is 0.912 bits per heavy atom. The van der Waals surface area contributed by atoms with Crippen LogP contribution < -0.4 is 5.19 Å². The summed E-state index contributed by atoms with van der Waals surface area (Å²) in [6.45, 7) is 27.1. The molecule has 0 amide bonds. The minimum absolute atomic E-state index is 0.375. The quantitative estimate of drug-likeness (QED) is 0.321. The van der Waals surface area contributed by atoms with E-state index in [2.05, 4.69) is 71.1 Å². The summed E-state index contributed by atoms with van der Waals surface area (Å²) in [7, 11) is -14.2. The van der Waals surface area contributed by atoms with Gasteiger partial charge in [0.25, 0.3) is 0 Å². The van der Waals surface area contributed by atoms with Gasteiger partial charge in [-0.05, 0) is 102 Å². The third kappa shape index (κ3) is 10.5. The number of nitrogens with zero attached hydrogens (tertiary/aromatic N) is 2. The maximum Gasteiger partial charge on any atom is 0.314 e. The summed E-state index contributed by atoms with van der Waals surface area (Å²) in [6, 6.07) is 9.55. The number of rotatable bonds is 11. The van der Waals surface area contributed by atoms with Crippen LogP contribution in [0.4, 0.5) is 0 Å². The zero-order valence-corrected chi connectivity index (χ0v) is 29.2. The van der Waals surface area contributed by atoms with E-state index in [9.17, 15) is 10.5 Å². The second-order valence-corrected chi connectivity index (χ2v) is 34.8. The zero-order valence-electron chi connectivity index (χ0n) is 23.2. The van der Waals surface area contributed by atoms with Crippen molar-refractivity contribution in [1.29, 1.82) is 10.5 Å². The molecule has 0 saturated carbocycles. The molecule has 0 unspecified atom stereocenters. The van der Waals surface area contributed by atoms with Crippen LogP contribution in [-0.2, 0) is 20.6 Å². The first kappa shape index (κ1) is 31.3. The molecule has 0 saturated heterocycles. The van der Waals surface area contributed by atoms with Gasteiger partial charge in [-0.2, -0.15) is 10.5 Å². The second-order valence-electron chi connectivity index (χ2n) is 11.7. The van der Waals surface area contributed by atoms with Gasteiger partial charge < -0.3 is 20.6 Å². The van der Waals surface area contributed by atoms with Crippen LogP contribution in [-0.4, -0.2) is 50.9 Å². The molecule has 7 nitrogen and oxygen atoms in total. The van der Waals surface area contributed by atoms with Crippen LogP contribution in [0.3, 0.4) is 0 Å². The Hall–Kier alpha value is -0.699. The van der Waals surface area contributed by atoms with Crippen molar-refractivity contribution >= 4 is 56.1 Å². The first-order valence-corrected chi connectivity index (χ1v) is 29.1. The van der Waals surface area contributed by atoms with Crippen LogP contribution in [0, 0.1) is 22.7 Å². The number of nitriles is 2. The summed E-state index contributed by atoms with van der Waals surface area (Å²) < 4.78 is 32.8. The van der Waals surface area contributed by atoms with E-state index in [-0.39, 0.29) is 0 Å². The molecule has 1 aromatic carbocycles. The van der Waals surface area contributed by atoms with Crippen LogP contribution in [0.15, 0.2) is 18.2 Å². The molecular formula is C21H42N2O5Si6. The predicted octanol–water partition coefficient (Wildman–Crippen LogP) is 5.57. The van der Waals surface area contributed by atoms with Crippen molar-refractivity contribution in [3.8, 4) is 12.1 Å². The largest absolute Gasteiger partial charge is 0.437 e. The van der Waals surface area contributed by atoms with Gasteiger partial charge in [0.2, 0.25) is 8.32 Å². The summed E-state index contributed by atoms with van der Waals surface area (Å²) in [6.07, 6.45) is 0. The molecule has 13 heteroatoms. The summed E-state index contributed by atoms with van der Waals surface area (Å²) in [4.78, 5) is 0. The van der Waals surface area contributed by atoms with Crippen molar-refractivity contribution in [3.05, 3.63) is 29.3 Å². The maximum atomic E-state index is 9.41. The molecule has 34 heavy (non-hydrogen) atoms. The number of hydrogen-bond acceptors (Lipinski definition) is 7. The molecule has 190 valence electrons. The van der Waals surface area contributed by atoms with Crippen molar-refractivity contribution < 1.29 is 20.6 Å². The summed E-state index contributed by atoms with van der Waals surface area (Å²) in [5.41, 5.74) is 0.752. The van der Waals surface area contributed by atoms with E-state index in [1.165, 1.54) is 0 Å². The fraction of sp³-hybridized carbons (Fsp3) is 0.619. The highest BCUT2D eigenvalue weighted by Gasteiger charge is 2.47. The third-order valence-corrected chi connectivity index (χ3v) is 26.4. The lowest BCUT2D eigenvalue weighted by molar-refractivity contribution is 0.283. The summed E-state index contributed by atoms with van der Waals surface area (Å²) in [5, 5.41) is 19.6. The normalized spacial score (nSPS) is 14.0. The minimum Gasteiger partial charge on any atom is -0.437 e. The van der Waals surface area contributed by atoms with Gasteiger partial charge in [0.05, 0.1) is 11.1 Å². The molecule has 0 atom stereocenters. The van der Waals surface area contributed by atoms with Gasteiger partial charge >= 0.3 is 34.2 Å². The van der Waals surface area contributed by atoms with Crippen LogP contribution >= 0.6 is 0 Å². The Labute approximate surface area is 213 Å². The van der Waals surface area contributed by atoms with Crippen LogP contribution in [0.2, 0.25) is 85.1 Å². The van der Waals surface area contributed by atoms with E-state index in [1.54, 1.807) is 12.1 Å². The Kier molecular flexibility index (Phi) is 9.89. The highest BCUT2D eigenvalue weighted by atomic mass is 28.5. The molecule has 0 aliphatic carbocycles. The Balaban J connectivity index is 2.99. The van der Waals surface area contributed by atoms with Crippen LogP contribution in [0.25, 0.3) is 0 Å². The molecule has 0 aliphatic rings. The minimum atomic E-state index is -2.60. The molecule has 0 spiro atoms. The SMILES string of the molecule is C[Si](C)(C)O[Si](C)(C)O[Si](C)(C)O[Si](C)(C)O[Si](C)(C)O[Si](C)(C)c1ccc(C#N)c(C#N)c1. The first-order valence-electron chi connectivity index (χ1n) is 11.5. The maximum absolute atomic E-state index is 9.41. The number of benzene rings is 1. The van der Waals surface area contributed by atoms with Crippen molar-refractivity contribution in [2.45, 2.75) is 85.1 Å². The molecule has 0 N–H and O–H groups in total. The summed E-state index contributed by atoms with van der Waals surface area (Å²) >= 11 is 0. The molecule has 0 fully saturated rings. The predicted molar refractivity (Wildman–Crippen MR) is 152 cm³/mol. The van der Waals surface area contributed by atoms with Crippen molar-refractivity contribution in [1.82, 2.24) is 0 Å². The van der Waals surface area contributed by atoms with E-state index in [4.69, 9.17) is 20.6 Å². The van der Waals surface area contributed by atoms with E-state index < -0.39 is 50.9 Å². The monoisotopic (exact) mass is 570 g/mol. The molecule has 1 aromatic rings. The van der Waals surface area contributed by atoms with Crippen LogP contribution in [0.5, 0.6) is 0 Å². The van der Waals surface area contributed by atoms with E-state index in [1.807, 2.05) is 32.3 Å². The highest BCUT2D eigenvalue weighted by molar-refractivity contribution is 6.94. The van der Waals surface area contributed by atoms with E-state index >= 15 is 0 Å². The Morgan fingerprint density at radius 3 is 1.29 bits per heavy atom. The molecule has 0 aromatic heterocycles. The first-order chi connectivity index (χ1) is 15.0. The van der Waals surface area contributed by atoms with Gasteiger partial charge in [0.1, 0.15) is 12.1 Å². The van der Waals surface area contributed by atoms with Crippen molar-refractivity contribution in [2.24, 2.45) is 0 Å². The van der Waals surface area contributed by atoms with Gasteiger partial charge in [-0.3, -0.25) is 0 Å². The average molecular weight is 571 g/mol. The van der Waals surface area contributed by atoms with E-state index in [0.29, 0.717) is 11.1 Å². The molecule has 0 bridgehead atoms. The Bertz CT molecular complexity index is 962. The molecule has 1 rings (SSSR count). The lowest BCUT2D eigenvalue weighted by Crippen LogP contribution is -2.61. The van der Waals surface area contributed by atoms with Crippen molar-refractivity contribution in [3.63, 3.8) is 0 Å². The van der Waals surface area contributed by atoms with Gasteiger partial charge in [-0.1, -0.05) is 6.07 Å². The lowest BCUT2D eigenvalue weighted by atomic mass is 10.1. The fourth-order valence-corrected chi connectivity index (χ4v) is 33.0. The number of hydrogen-bond donors (Lipinski definition) is 0. The van der Waals surface area contributed by atoms with Gasteiger partial charge in [0.15, 0.2) is 8.32 Å². The average Bonchev–Trinajstić information content (AvgIpc) is 2.54. The lowest BCUT2D eigenvalue weighted by Gasteiger charge is -2.43. The fourth-order valence-electron chi connectivity index (χ4n) is 4.38. The standard InChI is InChI=1S/C21H42N2O5Si6/c1-29(2,3)24-31(6,7)26-33(10,11)28-34(12,13)27-32(8,9)25-30(4,5)21-15-14-19(17-22)20(16-21)18-23/h14-16H,1-13H3. The van der Waals surface area contributed by atoms with Gasteiger partial charge in [0, 0.05) is 0 Å². The van der Waals surface area contributed by atoms with E-state index in [0.717, 1.165) is 5.19 Å².